The number of carbonyl (C=O) groups is 12. The fourth-order valence-corrected chi connectivity index (χ4v) is 9.82. The molecule has 8 rings (SSSR count). The highest BCUT2D eigenvalue weighted by molar-refractivity contribution is 6.05. The molecule has 105 heavy (non-hydrogen) atoms. The fraction of sp³-hybridized carbons (Fsp3) is 0.259. The van der Waals surface area contributed by atoms with Crippen molar-refractivity contribution < 1.29 is 86.0 Å². The van der Waals surface area contributed by atoms with Crippen molar-refractivity contribution in [2.45, 2.75) is 62.3 Å². The van der Waals surface area contributed by atoms with Crippen molar-refractivity contribution in [1.82, 2.24) is 14.7 Å². The lowest BCUT2D eigenvalue weighted by Crippen LogP contribution is -2.28. The van der Waals surface area contributed by atoms with Gasteiger partial charge in [0.05, 0.1) is 38.0 Å². The number of benzene rings is 8. The summed E-state index contributed by atoms with van der Waals surface area (Å²) >= 11 is 0. The molecule has 0 aliphatic heterocycles. The van der Waals surface area contributed by atoms with Crippen LogP contribution >= 0.6 is 0 Å². The van der Waals surface area contributed by atoms with Crippen LogP contribution in [0.15, 0.2) is 164 Å². The molecular weight excluding hydrogens is 1340 g/mol. The summed E-state index contributed by atoms with van der Waals surface area (Å²) in [6.07, 6.45) is 0. The first-order valence-electron chi connectivity index (χ1n) is 32.4. The number of anilines is 3. The Morgan fingerprint density at radius 1 is 0.276 bits per heavy atom. The van der Waals surface area contributed by atoms with E-state index in [-0.39, 0.29) is 69.4 Å². The molecule has 0 unspecified atom stereocenters. The summed E-state index contributed by atoms with van der Waals surface area (Å²) in [7, 11) is 18.3. The second-order valence-electron chi connectivity index (χ2n) is 24.3. The zero-order valence-electron chi connectivity index (χ0n) is 63.1. The normalized spacial score (nSPS) is 10.0. The number of amides is 6. The Kier molecular flexibility index (Phi) is 32.0. The topological polar surface area (TPSA) is 280 Å². The summed E-state index contributed by atoms with van der Waals surface area (Å²) in [4.78, 5) is 146. The minimum absolute atomic E-state index is 0.0702. The zero-order chi connectivity index (χ0) is 78.9. The van der Waals surface area contributed by atoms with E-state index < -0.39 is 35.8 Å². The van der Waals surface area contributed by atoms with Crippen LogP contribution in [0.2, 0.25) is 0 Å². The van der Waals surface area contributed by atoms with E-state index in [1.807, 2.05) is 0 Å². The average Bonchev–Trinajstić information content (AvgIpc) is 0.767. The van der Waals surface area contributed by atoms with Crippen LogP contribution in [-0.2, 0) is 43.0 Å². The first-order valence-corrected chi connectivity index (χ1v) is 32.4. The third-order valence-electron chi connectivity index (χ3n) is 15.5. The second kappa shape index (κ2) is 39.6. The summed E-state index contributed by atoms with van der Waals surface area (Å²) in [5.74, 6) is -4.38. The maximum atomic E-state index is 12.1. The maximum Gasteiger partial charge on any atom is 0.337 e. The van der Waals surface area contributed by atoms with Gasteiger partial charge >= 0.3 is 35.8 Å². The van der Waals surface area contributed by atoms with Crippen molar-refractivity contribution in [2.24, 2.45) is 0 Å². The minimum atomic E-state index is -0.661. The van der Waals surface area contributed by atoms with Gasteiger partial charge in [-0.05, 0) is 144 Å². The van der Waals surface area contributed by atoms with Gasteiger partial charge in [0.2, 0.25) is 17.7 Å². The number of aryl methyl sites for hydroxylation is 3. The number of esters is 6. The molecule has 0 aromatic heterocycles. The summed E-state index contributed by atoms with van der Waals surface area (Å²) in [6, 6.07) is 50.5. The second-order valence-corrected chi connectivity index (χ2v) is 24.3. The van der Waals surface area contributed by atoms with Crippen LogP contribution in [0.4, 0.5) is 17.1 Å². The van der Waals surface area contributed by atoms with Crippen molar-refractivity contribution >= 4 is 88.3 Å². The maximum absolute atomic E-state index is 12.1. The van der Waals surface area contributed by atoms with Crippen LogP contribution < -0.4 is 28.9 Å². The van der Waals surface area contributed by atoms with Gasteiger partial charge < -0.3 is 57.8 Å². The summed E-state index contributed by atoms with van der Waals surface area (Å²) in [6.45, 7) is 14.6. The van der Waals surface area contributed by atoms with Gasteiger partial charge in [-0.3, -0.25) is 43.2 Å². The lowest BCUT2D eigenvalue weighted by atomic mass is 9.89. The largest absolute Gasteiger partial charge is 0.465 e. The lowest BCUT2D eigenvalue weighted by Gasteiger charge is -2.24. The van der Waals surface area contributed by atoms with E-state index in [9.17, 15) is 57.5 Å². The monoisotopic (exact) mass is 1430 g/mol. The highest BCUT2D eigenvalue weighted by Crippen LogP contribution is 2.37. The number of methoxy groups -OCH3 is 3. The molecule has 0 bridgehead atoms. The predicted molar refractivity (Wildman–Crippen MR) is 402 cm³/mol. The van der Waals surface area contributed by atoms with Crippen LogP contribution in [0.25, 0.3) is 33.4 Å². The third-order valence-corrected chi connectivity index (χ3v) is 15.5. The van der Waals surface area contributed by atoms with Crippen LogP contribution in [-0.4, -0.2) is 171 Å². The molecule has 0 saturated heterocycles. The van der Waals surface area contributed by atoms with Gasteiger partial charge in [-0.25, -0.2) is 14.4 Å². The lowest BCUT2D eigenvalue weighted by molar-refractivity contribution is -0.132. The van der Waals surface area contributed by atoms with E-state index in [1.165, 1.54) is 197 Å². The molecule has 0 aliphatic carbocycles. The quantitative estimate of drug-likeness (QED) is 0.0524. The number of carbonyl (C=O) groups excluding carboxylic acids is 12. The van der Waals surface area contributed by atoms with Gasteiger partial charge in [-0.1, -0.05) is 72.8 Å². The van der Waals surface area contributed by atoms with Crippen molar-refractivity contribution in [1.29, 1.82) is 0 Å². The summed E-state index contributed by atoms with van der Waals surface area (Å²) in [5, 5.41) is 0. The van der Waals surface area contributed by atoms with E-state index in [0.717, 1.165) is 0 Å². The smallest absolute Gasteiger partial charge is 0.337 e. The van der Waals surface area contributed by atoms with E-state index in [2.05, 4.69) is 126 Å². The van der Waals surface area contributed by atoms with E-state index in [4.69, 9.17) is 14.2 Å². The van der Waals surface area contributed by atoms with Gasteiger partial charge in [0.1, 0.15) is 17.2 Å². The van der Waals surface area contributed by atoms with Crippen molar-refractivity contribution in [3.8, 4) is 50.6 Å². The Labute approximate surface area is 612 Å². The van der Waals surface area contributed by atoms with Gasteiger partial charge in [0.25, 0.3) is 17.7 Å². The number of nitrogens with zero attached hydrogens (tertiary/aromatic N) is 6. The molecule has 0 N–H and O–H groups in total. The molecule has 8 aromatic rings. The highest BCUT2D eigenvalue weighted by atomic mass is 16.6. The van der Waals surface area contributed by atoms with E-state index >= 15 is 0 Å². The van der Waals surface area contributed by atoms with Gasteiger partial charge in [0, 0.05) is 157 Å². The predicted octanol–water partition coefficient (Wildman–Crippen LogP) is 12.5. The van der Waals surface area contributed by atoms with Crippen LogP contribution in [0, 0.1) is 20.8 Å². The summed E-state index contributed by atoms with van der Waals surface area (Å²) in [5.41, 5.74) is 14.6. The Morgan fingerprint density at radius 2 is 0.486 bits per heavy atom. The SMILES string of the molecule is CC(=O)N(C)c1cc(N(C)C(C)=O)cc(N(C)C(C)=O)c1.CC(=O)Oc1cc(OC(C)=O)cc(OC(C)=O)c1.CN(C)C(=O)c1cc(C(=O)N(C)C)cc(C(=O)N(C)C)c1.COC(=O)c1cc(C(=O)OC)cc(C(=O)OC)c1.Cc1ccccc1-c1cc(-c2ccccc2C)cc(-c2ccccc2C)c1. The minimum Gasteiger partial charge on any atom is -0.465 e. The molecule has 24 heteroatoms. The standard InChI is InChI=1S/C27H24.2C15H21N3O3.2C12H12O6/c1-19-10-4-7-13-25(19)22-16-23(26-14-8-5-11-20(26)2)18-24(17-22)27-15-9-6-12-21(27)3;1-16(2)13(19)10-7-11(14(20)17(3)4)9-12(8-10)15(21)18(5)6;1-10(19)16(4)13-7-14(17(5)11(2)20)9-15(8-13)18(6)12(3)21;1-16-10(13)7-4-8(11(14)17-2)6-9(5-7)12(15)18-3;1-7(13)16-10-4-11(17-8(2)14)6-12(5-10)18-9(3)15/h4-18H,1-3H3;2*7-9H,1-6H3;2*4-6H,1-3H3. The van der Waals surface area contributed by atoms with E-state index in [0.29, 0.717) is 33.8 Å². The Morgan fingerprint density at radius 3 is 0.667 bits per heavy atom. The first-order chi connectivity index (χ1) is 49.3. The van der Waals surface area contributed by atoms with Crippen molar-refractivity contribution in [2.75, 3.05) is 99.5 Å². The fourth-order valence-electron chi connectivity index (χ4n) is 9.82. The molecule has 0 aliphatic rings. The molecule has 0 fully saturated rings. The molecule has 552 valence electrons. The number of hydrogen-bond acceptors (Lipinski definition) is 18. The molecule has 0 atom stereocenters. The number of hydrogen-bond donors (Lipinski definition) is 0. The van der Waals surface area contributed by atoms with Crippen LogP contribution in [0.1, 0.15) is 120 Å². The van der Waals surface area contributed by atoms with Gasteiger partial charge in [0.15, 0.2) is 0 Å². The Hall–Kier alpha value is -12.6. The van der Waals surface area contributed by atoms with Gasteiger partial charge in [-0.2, -0.15) is 0 Å². The number of ether oxygens (including phenoxy) is 6. The van der Waals surface area contributed by atoms with E-state index in [1.54, 1.807) is 81.6 Å². The van der Waals surface area contributed by atoms with Crippen LogP contribution in [0.5, 0.6) is 17.2 Å². The molecule has 8 aromatic carbocycles. The molecule has 0 radical (unpaired) electrons. The molecule has 0 spiro atoms. The molecular formula is C81H90N6O18. The molecule has 24 nitrogen and oxygen atoms in total. The summed E-state index contributed by atoms with van der Waals surface area (Å²) < 4.78 is 28.1. The Balaban J connectivity index is 0.000000280. The highest BCUT2D eigenvalue weighted by Gasteiger charge is 2.22. The third kappa shape index (κ3) is 25.2. The van der Waals surface area contributed by atoms with Gasteiger partial charge in [-0.15, -0.1) is 0 Å². The number of rotatable bonds is 15. The molecule has 6 amide bonds. The average molecular weight is 1440 g/mol. The molecule has 0 saturated carbocycles. The molecule has 0 heterocycles. The Bertz CT molecular complexity index is 4050. The zero-order valence-corrected chi connectivity index (χ0v) is 63.1. The first kappa shape index (κ1) is 84.8. The van der Waals surface area contributed by atoms with Crippen molar-refractivity contribution in [3.05, 3.63) is 214 Å². The van der Waals surface area contributed by atoms with Crippen molar-refractivity contribution in [3.63, 3.8) is 0 Å². The van der Waals surface area contributed by atoms with Crippen LogP contribution in [0.3, 0.4) is 0 Å².